The molecule has 0 aromatic carbocycles. The van der Waals surface area contributed by atoms with Crippen LogP contribution in [0.2, 0.25) is 0 Å². The molecule has 0 saturated carbocycles. The molecule has 0 aliphatic heterocycles. The van der Waals surface area contributed by atoms with Gasteiger partial charge in [0.05, 0.1) is 12.6 Å². The van der Waals surface area contributed by atoms with Crippen molar-refractivity contribution in [1.29, 1.82) is 5.53 Å². The second kappa shape index (κ2) is 15.9. The first kappa shape index (κ1) is 28.1. The van der Waals surface area contributed by atoms with Crippen LogP contribution in [0.15, 0.2) is 0 Å². The second-order valence-corrected chi connectivity index (χ2v) is 9.21. The predicted molar refractivity (Wildman–Crippen MR) is 119 cm³/mol. The molecule has 2 unspecified atom stereocenters. The van der Waals surface area contributed by atoms with Crippen LogP contribution < -0.4 is 0 Å². The summed E-state index contributed by atoms with van der Waals surface area (Å²) < 4.78 is 1.17. The Kier molecular flexibility index (Phi) is 15.5. The quantitative estimate of drug-likeness (QED) is 0.166. The topological polar surface area (TPSA) is 87.6 Å². The third-order valence-electron chi connectivity index (χ3n) is 5.52. The van der Waals surface area contributed by atoms with E-state index in [9.17, 15) is 15.0 Å². The Morgan fingerprint density at radius 2 is 1.41 bits per heavy atom. The predicted octanol–water partition coefficient (Wildman–Crippen LogP) is 4.36. The van der Waals surface area contributed by atoms with Gasteiger partial charge in [-0.25, -0.2) is 0 Å². The van der Waals surface area contributed by atoms with Gasteiger partial charge in [-0.1, -0.05) is 70.2 Å². The molecule has 29 heavy (non-hydrogen) atoms. The summed E-state index contributed by atoms with van der Waals surface area (Å²) >= 11 is 0. The average Bonchev–Trinajstić information content (AvgIpc) is 2.61. The molecule has 0 amide bonds. The maximum atomic E-state index is 12.8. The third kappa shape index (κ3) is 13.9. The molecule has 0 radical (unpaired) electrons. The summed E-state index contributed by atoms with van der Waals surface area (Å²) in [5.41, 5.74) is 7.12. The van der Waals surface area contributed by atoms with E-state index in [-0.39, 0.29) is 18.9 Å². The van der Waals surface area contributed by atoms with E-state index in [4.69, 9.17) is 5.53 Å². The minimum absolute atomic E-state index is 0.0547. The highest BCUT2D eigenvalue weighted by Gasteiger charge is 2.40. The smallest absolute Gasteiger partial charge is 0.240 e. The van der Waals surface area contributed by atoms with Crippen LogP contribution in [-0.2, 0) is 4.79 Å². The zero-order valence-electron chi connectivity index (χ0n) is 19.8. The van der Waals surface area contributed by atoms with Crippen molar-refractivity contribution in [2.75, 3.05) is 26.2 Å². The van der Waals surface area contributed by atoms with Crippen molar-refractivity contribution in [2.45, 2.75) is 117 Å². The summed E-state index contributed by atoms with van der Waals surface area (Å²) in [4.78, 5) is 14.8. The lowest BCUT2D eigenvalue weighted by molar-refractivity contribution is -0.669. The van der Waals surface area contributed by atoms with Gasteiger partial charge in [0, 0.05) is 20.4 Å². The van der Waals surface area contributed by atoms with E-state index in [2.05, 4.69) is 6.92 Å². The van der Waals surface area contributed by atoms with Gasteiger partial charge in [-0.2, -0.15) is 0 Å². The largest absolute Gasteiger partial charge is 0.392 e. The lowest BCUT2D eigenvalue weighted by Gasteiger charge is -2.26. The van der Waals surface area contributed by atoms with Gasteiger partial charge in [-0.15, -0.1) is 4.70 Å². The highest BCUT2D eigenvalue weighted by Crippen LogP contribution is 2.14. The van der Waals surface area contributed by atoms with E-state index in [1.807, 2.05) is 4.90 Å². The van der Waals surface area contributed by atoms with Gasteiger partial charge in [0.15, 0.2) is 6.54 Å². The minimum Gasteiger partial charge on any atom is -0.392 e. The monoisotopic (exact) mass is 414 g/mol. The van der Waals surface area contributed by atoms with Gasteiger partial charge in [-0.3, -0.25) is 9.69 Å². The molecule has 6 nitrogen and oxygen atoms in total. The molecular weight excluding hydrogens is 366 g/mol. The Labute approximate surface area is 179 Å². The molecule has 0 aliphatic rings. The fourth-order valence-electron chi connectivity index (χ4n) is 3.47. The molecule has 0 rings (SSSR count). The number of Topliss-reactive ketones (excluding diaryl/α,β-unsaturated/α-hetero) is 1. The summed E-state index contributed by atoms with van der Waals surface area (Å²) in [6.07, 6.45) is 11.6. The van der Waals surface area contributed by atoms with Crippen LogP contribution in [0.4, 0.5) is 0 Å². The van der Waals surface area contributed by atoms with Gasteiger partial charge in [-0.05, 0) is 26.8 Å². The molecular formula is C23H48N3O3+. The van der Waals surface area contributed by atoms with Crippen LogP contribution in [0.1, 0.15) is 98.8 Å². The highest BCUT2D eigenvalue weighted by atomic mass is 16.3. The number of nitrogens with zero attached hydrogens (tertiary/aromatic N) is 2. The Morgan fingerprint density at radius 3 is 1.86 bits per heavy atom. The standard InChI is InChI=1S/C23H48N3O3/c1-6-7-8-9-10-11-12-13-14-15-16-25(17-20(2)27)19-22(29)23(4,5)26(24)18-21(3)28/h20-21,24,27-28H,6-19H2,1-5H3/q+1. The fraction of sp³-hybridized carbons (Fsp3) is 0.957. The van der Waals surface area contributed by atoms with Crippen molar-refractivity contribution in [3.63, 3.8) is 0 Å². The molecule has 2 atom stereocenters. The molecule has 0 saturated heterocycles. The highest BCUT2D eigenvalue weighted by molar-refractivity contribution is 5.87. The van der Waals surface area contributed by atoms with Crippen LogP contribution in [0.25, 0.3) is 0 Å². The maximum absolute atomic E-state index is 12.8. The van der Waals surface area contributed by atoms with Crippen molar-refractivity contribution in [3.8, 4) is 0 Å². The average molecular weight is 415 g/mol. The van der Waals surface area contributed by atoms with E-state index in [1.165, 1.54) is 56.1 Å². The first-order valence-electron chi connectivity index (χ1n) is 11.7. The number of β-amino-alcohol motifs (C(OH)–C–C–N with tert-alkyl or cyclic N) is 1. The molecule has 0 spiro atoms. The molecule has 172 valence electrons. The first-order valence-corrected chi connectivity index (χ1v) is 11.7. The number of unbranched alkanes of at least 4 members (excludes halogenated alkanes) is 9. The maximum Gasteiger partial charge on any atom is 0.240 e. The van der Waals surface area contributed by atoms with Crippen molar-refractivity contribution in [1.82, 2.24) is 4.90 Å². The lowest BCUT2D eigenvalue weighted by Crippen LogP contribution is -2.50. The summed E-state index contributed by atoms with van der Waals surface area (Å²) in [5, 5.41) is 19.3. The Bertz CT molecular complexity index is 451. The summed E-state index contributed by atoms with van der Waals surface area (Å²) in [6, 6.07) is 0. The number of carbonyl (C=O) groups excluding carboxylic acids is 1. The van der Waals surface area contributed by atoms with Gasteiger partial charge < -0.3 is 10.2 Å². The van der Waals surface area contributed by atoms with Crippen molar-refractivity contribution in [3.05, 3.63) is 0 Å². The van der Waals surface area contributed by atoms with Crippen LogP contribution in [0.3, 0.4) is 0 Å². The number of aliphatic hydroxyl groups is 2. The van der Waals surface area contributed by atoms with E-state index in [0.717, 1.165) is 19.4 Å². The SMILES string of the molecule is CCCCCCCCCCCCN(CC(=O)C(C)(C)[N+](=N)CC(C)O)CC(C)O. The fourth-order valence-corrected chi connectivity index (χ4v) is 3.47. The van der Waals surface area contributed by atoms with Crippen LogP contribution in [0, 0.1) is 5.53 Å². The number of nitrogens with one attached hydrogen (secondary N) is 1. The number of carbonyl (C=O) groups is 1. The zero-order chi connectivity index (χ0) is 22.3. The Hall–Kier alpha value is -0.850. The van der Waals surface area contributed by atoms with Crippen LogP contribution in [-0.4, -0.2) is 69.5 Å². The van der Waals surface area contributed by atoms with Gasteiger partial charge in [0.25, 0.3) is 0 Å². The van der Waals surface area contributed by atoms with Crippen LogP contribution in [0.5, 0.6) is 0 Å². The molecule has 6 heteroatoms. The minimum atomic E-state index is -0.967. The van der Waals surface area contributed by atoms with E-state index < -0.39 is 17.7 Å². The third-order valence-corrected chi connectivity index (χ3v) is 5.52. The summed E-state index contributed by atoms with van der Waals surface area (Å²) in [5.74, 6) is -0.0547. The Morgan fingerprint density at radius 1 is 0.931 bits per heavy atom. The number of hydrogen-bond donors (Lipinski definition) is 3. The van der Waals surface area contributed by atoms with Gasteiger partial charge in [0.1, 0.15) is 6.10 Å². The summed E-state index contributed by atoms with van der Waals surface area (Å²) in [7, 11) is 0. The molecule has 0 fully saturated rings. The molecule has 0 aromatic rings. The second-order valence-electron chi connectivity index (χ2n) is 9.21. The van der Waals surface area contributed by atoms with E-state index in [1.54, 1.807) is 27.7 Å². The van der Waals surface area contributed by atoms with Crippen LogP contribution >= 0.6 is 0 Å². The van der Waals surface area contributed by atoms with Crippen molar-refractivity contribution >= 4 is 5.78 Å². The van der Waals surface area contributed by atoms with E-state index in [0.29, 0.717) is 6.54 Å². The Balaban J connectivity index is 4.29. The first-order chi connectivity index (χ1) is 13.6. The number of hydrogen-bond acceptors (Lipinski definition) is 5. The molecule has 0 heterocycles. The van der Waals surface area contributed by atoms with Gasteiger partial charge >= 0.3 is 0 Å². The molecule has 3 N–H and O–H groups in total. The van der Waals surface area contributed by atoms with E-state index >= 15 is 0 Å². The number of aliphatic hydroxyl groups excluding tert-OH is 2. The number of ketones is 1. The zero-order valence-corrected chi connectivity index (χ0v) is 19.8. The summed E-state index contributed by atoms with van der Waals surface area (Å²) in [6.45, 7) is 10.7. The molecule has 0 bridgehead atoms. The molecule has 0 aliphatic carbocycles. The van der Waals surface area contributed by atoms with Crippen molar-refractivity contribution < 1.29 is 19.7 Å². The number of rotatable bonds is 19. The molecule has 0 aromatic heterocycles. The van der Waals surface area contributed by atoms with Gasteiger partial charge in [0.2, 0.25) is 11.3 Å². The normalized spacial score (nSPS) is 14.2. The lowest BCUT2D eigenvalue weighted by atomic mass is 9.97. The van der Waals surface area contributed by atoms with Crippen molar-refractivity contribution in [2.24, 2.45) is 0 Å².